The number of aliphatic imine (C=N–C) groups is 1. The molecule has 0 saturated carbocycles. The molecule has 0 atom stereocenters. The molecular formula is C22H32ClIN6O. The van der Waals surface area contributed by atoms with Crippen LogP contribution in [0.15, 0.2) is 41.7 Å². The van der Waals surface area contributed by atoms with E-state index in [4.69, 9.17) is 11.6 Å². The van der Waals surface area contributed by atoms with Crippen molar-refractivity contribution in [2.45, 2.75) is 33.4 Å². The Balaban J connectivity index is 0.00000341. The van der Waals surface area contributed by atoms with E-state index < -0.39 is 0 Å². The molecule has 0 unspecified atom stereocenters. The van der Waals surface area contributed by atoms with Crippen LogP contribution in [0.3, 0.4) is 0 Å². The molecule has 1 aliphatic rings. The first-order valence-electron chi connectivity index (χ1n) is 10.4. The fourth-order valence-electron chi connectivity index (χ4n) is 3.66. The van der Waals surface area contributed by atoms with E-state index in [1.54, 1.807) is 7.05 Å². The molecule has 170 valence electrons. The summed E-state index contributed by atoms with van der Waals surface area (Å²) in [5.41, 5.74) is 0.948. The van der Waals surface area contributed by atoms with Crippen LogP contribution in [0, 0.1) is 5.92 Å². The molecule has 0 bridgehead atoms. The number of hydrogen-bond acceptors (Lipinski definition) is 3. The molecule has 1 saturated heterocycles. The Morgan fingerprint density at radius 1 is 1.23 bits per heavy atom. The molecule has 1 N–H and O–H groups in total. The lowest BCUT2D eigenvalue weighted by Gasteiger charge is -2.36. The molecule has 9 heteroatoms. The van der Waals surface area contributed by atoms with Crippen molar-refractivity contribution < 1.29 is 4.79 Å². The number of rotatable bonds is 6. The standard InChI is InChI=1S/C22H31ClN6O.HI/c1-17(2)16-29-8-7-25-20(29)15-26-22(24-3)28-11-9-27(10-12-28)21(30)14-18-5-4-6-19(23)13-18;/h4-8,13,17H,9-12,14-16H2,1-3H3,(H,24,26);1H. The summed E-state index contributed by atoms with van der Waals surface area (Å²) >= 11 is 6.03. The molecule has 7 nitrogen and oxygen atoms in total. The number of hydrogen-bond donors (Lipinski definition) is 1. The van der Waals surface area contributed by atoms with E-state index in [9.17, 15) is 4.79 Å². The minimum Gasteiger partial charge on any atom is -0.349 e. The maximum atomic E-state index is 12.6. The zero-order valence-electron chi connectivity index (χ0n) is 18.4. The van der Waals surface area contributed by atoms with Gasteiger partial charge >= 0.3 is 0 Å². The molecule has 3 rings (SSSR count). The maximum absolute atomic E-state index is 12.6. The topological polar surface area (TPSA) is 65.8 Å². The van der Waals surface area contributed by atoms with Gasteiger partial charge in [0.15, 0.2) is 5.96 Å². The summed E-state index contributed by atoms with van der Waals surface area (Å²) in [5.74, 6) is 2.54. The van der Waals surface area contributed by atoms with E-state index in [-0.39, 0.29) is 29.9 Å². The van der Waals surface area contributed by atoms with Crippen molar-refractivity contribution in [3.8, 4) is 0 Å². The van der Waals surface area contributed by atoms with Crippen LogP contribution < -0.4 is 5.32 Å². The number of carbonyl (C=O) groups is 1. The smallest absolute Gasteiger partial charge is 0.227 e. The first-order chi connectivity index (χ1) is 14.5. The van der Waals surface area contributed by atoms with Crippen molar-refractivity contribution in [2.75, 3.05) is 33.2 Å². The van der Waals surface area contributed by atoms with Crippen LogP contribution in [-0.2, 0) is 24.3 Å². The number of halogens is 2. The number of piperazine rings is 1. The lowest BCUT2D eigenvalue weighted by atomic mass is 10.1. The van der Waals surface area contributed by atoms with Gasteiger partial charge in [-0.2, -0.15) is 0 Å². The first kappa shape index (κ1) is 25.5. The van der Waals surface area contributed by atoms with Gasteiger partial charge in [-0.15, -0.1) is 24.0 Å². The molecule has 1 aromatic heterocycles. The van der Waals surface area contributed by atoms with Crippen LogP contribution >= 0.6 is 35.6 Å². The summed E-state index contributed by atoms with van der Waals surface area (Å²) in [6.45, 7) is 8.84. The molecule has 0 aliphatic carbocycles. The number of carbonyl (C=O) groups excluding carboxylic acids is 1. The number of guanidine groups is 1. The average molecular weight is 559 g/mol. The highest BCUT2D eigenvalue weighted by molar-refractivity contribution is 14.0. The van der Waals surface area contributed by atoms with E-state index in [0.29, 0.717) is 37.0 Å². The van der Waals surface area contributed by atoms with Gasteiger partial charge in [-0.05, 0) is 23.6 Å². The fraction of sp³-hybridized carbons (Fsp3) is 0.500. The predicted molar refractivity (Wildman–Crippen MR) is 136 cm³/mol. The van der Waals surface area contributed by atoms with Crippen LogP contribution in [0.2, 0.25) is 5.02 Å². The normalized spacial score (nSPS) is 14.5. The van der Waals surface area contributed by atoms with E-state index in [2.05, 4.69) is 38.6 Å². The monoisotopic (exact) mass is 558 g/mol. The van der Waals surface area contributed by atoms with E-state index >= 15 is 0 Å². The van der Waals surface area contributed by atoms with Gasteiger partial charge < -0.3 is 19.7 Å². The van der Waals surface area contributed by atoms with E-state index in [0.717, 1.165) is 37.0 Å². The highest BCUT2D eigenvalue weighted by Gasteiger charge is 2.23. The van der Waals surface area contributed by atoms with Crippen molar-refractivity contribution in [3.63, 3.8) is 0 Å². The van der Waals surface area contributed by atoms with Gasteiger partial charge in [0.1, 0.15) is 5.82 Å². The van der Waals surface area contributed by atoms with Crippen LogP contribution in [0.4, 0.5) is 0 Å². The lowest BCUT2D eigenvalue weighted by molar-refractivity contribution is -0.131. The van der Waals surface area contributed by atoms with Gasteiger partial charge in [-0.1, -0.05) is 37.6 Å². The van der Waals surface area contributed by atoms with Crippen molar-refractivity contribution >= 4 is 47.4 Å². The molecular weight excluding hydrogens is 527 g/mol. The van der Waals surface area contributed by atoms with Crippen molar-refractivity contribution in [3.05, 3.63) is 53.1 Å². The SMILES string of the molecule is CN=C(NCc1nccn1CC(C)C)N1CCN(C(=O)Cc2cccc(Cl)c2)CC1.I. The number of aromatic nitrogens is 2. The summed E-state index contributed by atoms with van der Waals surface area (Å²) in [4.78, 5) is 25.6. The number of benzene rings is 1. The van der Waals surface area contributed by atoms with Gasteiger partial charge in [0.05, 0.1) is 13.0 Å². The molecule has 2 aromatic rings. The van der Waals surface area contributed by atoms with Crippen LogP contribution in [0.5, 0.6) is 0 Å². The quantitative estimate of drug-likeness (QED) is 0.336. The van der Waals surface area contributed by atoms with Crippen LogP contribution in [-0.4, -0.2) is 64.4 Å². The highest BCUT2D eigenvalue weighted by atomic mass is 127. The third kappa shape index (κ3) is 7.38. The lowest BCUT2D eigenvalue weighted by Crippen LogP contribution is -2.54. The Kier molecular flexibility index (Phi) is 10.1. The largest absolute Gasteiger partial charge is 0.349 e. The molecule has 0 radical (unpaired) electrons. The second-order valence-corrected chi connectivity index (χ2v) is 8.40. The summed E-state index contributed by atoms with van der Waals surface area (Å²) < 4.78 is 2.18. The minimum absolute atomic E-state index is 0. The third-order valence-electron chi connectivity index (χ3n) is 5.16. The fourth-order valence-corrected chi connectivity index (χ4v) is 3.87. The molecule has 31 heavy (non-hydrogen) atoms. The van der Waals surface area contributed by atoms with Crippen molar-refractivity contribution in [1.82, 2.24) is 24.7 Å². The molecule has 0 spiro atoms. The van der Waals surface area contributed by atoms with Gasteiger partial charge in [0, 0.05) is 57.2 Å². The second kappa shape index (κ2) is 12.3. The Hall–Kier alpha value is -1.81. The molecule has 1 aromatic carbocycles. The average Bonchev–Trinajstić information content (AvgIpc) is 3.15. The molecule has 1 amide bonds. The van der Waals surface area contributed by atoms with Crippen LogP contribution in [0.25, 0.3) is 0 Å². The third-order valence-corrected chi connectivity index (χ3v) is 5.39. The van der Waals surface area contributed by atoms with Crippen molar-refractivity contribution in [2.24, 2.45) is 10.9 Å². The summed E-state index contributed by atoms with van der Waals surface area (Å²) in [5, 5.41) is 4.08. The Morgan fingerprint density at radius 3 is 2.58 bits per heavy atom. The second-order valence-electron chi connectivity index (χ2n) is 7.96. The van der Waals surface area contributed by atoms with Crippen molar-refractivity contribution in [1.29, 1.82) is 0 Å². The number of nitrogens with zero attached hydrogens (tertiary/aromatic N) is 5. The zero-order valence-corrected chi connectivity index (χ0v) is 21.5. The molecule has 1 aliphatic heterocycles. The highest BCUT2D eigenvalue weighted by Crippen LogP contribution is 2.13. The van der Waals surface area contributed by atoms with Crippen LogP contribution in [0.1, 0.15) is 25.2 Å². The predicted octanol–water partition coefficient (Wildman–Crippen LogP) is 3.27. The maximum Gasteiger partial charge on any atom is 0.227 e. The number of nitrogens with one attached hydrogen (secondary N) is 1. The summed E-state index contributed by atoms with van der Waals surface area (Å²) in [6, 6.07) is 7.49. The summed E-state index contributed by atoms with van der Waals surface area (Å²) in [7, 11) is 1.79. The zero-order chi connectivity index (χ0) is 21.5. The number of amides is 1. The van der Waals surface area contributed by atoms with E-state index in [1.165, 1.54) is 0 Å². The minimum atomic E-state index is 0. The Labute approximate surface area is 206 Å². The van der Waals surface area contributed by atoms with Gasteiger partial charge in [-0.25, -0.2) is 4.98 Å². The molecule has 2 heterocycles. The van der Waals surface area contributed by atoms with Gasteiger partial charge in [0.2, 0.25) is 5.91 Å². The first-order valence-corrected chi connectivity index (χ1v) is 10.8. The summed E-state index contributed by atoms with van der Waals surface area (Å²) in [6.07, 6.45) is 4.24. The Morgan fingerprint density at radius 2 is 1.94 bits per heavy atom. The molecule has 1 fully saturated rings. The van der Waals surface area contributed by atoms with Gasteiger partial charge in [0.25, 0.3) is 0 Å². The Bertz CT molecular complexity index is 876. The van der Waals surface area contributed by atoms with E-state index in [1.807, 2.05) is 41.6 Å². The number of imidazole rings is 1. The van der Waals surface area contributed by atoms with Gasteiger partial charge in [-0.3, -0.25) is 9.79 Å².